The molecule has 8 nitrogen and oxygen atoms in total. The molecule has 0 aromatic carbocycles. The molecule has 8 heteroatoms. The van der Waals surface area contributed by atoms with E-state index >= 15 is 0 Å². The second-order valence-corrected chi connectivity index (χ2v) is 5.00. The van der Waals surface area contributed by atoms with Gasteiger partial charge < -0.3 is 24.9 Å². The van der Waals surface area contributed by atoms with Gasteiger partial charge >= 0.3 is 5.82 Å². The summed E-state index contributed by atoms with van der Waals surface area (Å²) < 4.78 is 1.65. The maximum atomic E-state index is 12.1. The van der Waals surface area contributed by atoms with Crippen LogP contribution in [0.1, 0.15) is 18.7 Å². The van der Waals surface area contributed by atoms with Crippen LogP contribution in [0.4, 0.5) is 5.82 Å². The first-order chi connectivity index (χ1) is 9.49. The molecule has 0 spiro atoms. The molecule has 0 radical (unpaired) electrons. The second kappa shape index (κ2) is 6.00. The van der Waals surface area contributed by atoms with E-state index in [0.29, 0.717) is 18.8 Å². The molecule has 1 aromatic heterocycles. The van der Waals surface area contributed by atoms with Crippen LogP contribution in [0.15, 0.2) is 6.20 Å². The van der Waals surface area contributed by atoms with Crippen molar-refractivity contribution in [1.82, 2.24) is 19.8 Å². The summed E-state index contributed by atoms with van der Waals surface area (Å²) >= 11 is 0. The quantitative estimate of drug-likeness (QED) is 0.619. The highest BCUT2D eigenvalue weighted by Gasteiger charge is 2.23. The van der Waals surface area contributed by atoms with E-state index in [0.717, 1.165) is 19.5 Å². The maximum Gasteiger partial charge on any atom is 0.381 e. The average Bonchev–Trinajstić information content (AvgIpc) is 3.04. The molecule has 1 aromatic rings. The zero-order valence-electron chi connectivity index (χ0n) is 11.7. The zero-order valence-corrected chi connectivity index (χ0v) is 11.7. The standard InChI is InChI=1S/C12H19N5O3/c1-9-14-11(17(19)20)8-16(9)6-4-12(18)15(2)10-3-5-13-7-10/h8,10,13H,3-7H2,1-2H3. The molecule has 1 aliphatic rings. The molecular formula is C12H19N5O3. The van der Waals surface area contributed by atoms with E-state index in [4.69, 9.17) is 0 Å². The van der Waals surface area contributed by atoms with Crippen LogP contribution in [0.2, 0.25) is 0 Å². The van der Waals surface area contributed by atoms with Gasteiger partial charge in [-0.25, -0.2) is 0 Å². The maximum absolute atomic E-state index is 12.1. The minimum Gasteiger partial charge on any atom is -0.358 e. The molecule has 2 heterocycles. The molecule has 1 fully saturated rings. The van der Waals surface area contributed by atoms with Crippen molar-refractivity contribution < 1.29 is 9.72 Å². The normalized spacial score (nSPS) is 18.2. The van der Waals surface area contributed by atoms with Crippen molar-refractivity contribution in [3.63, 3.8) is 0 Å². The predicted molar refractivity (Wildman–Crippen MR) is 72.3 cm³/mol. The van der Waals surface area contributed by atoms with Gasteiger partial charge in [0.15, 0.2) is 0 Å². The number of carbonyl (C=O) groups is 1. The summed E-state index contributed by atoms with van der Waals surface area (Å²) in [7, 11) is 1.81. The van der Waals surface area contributed by atoms with Gasteiger partial charge in [0.25, 0.3) is 0 Å². The highest BCUT2D eigenvalue weighted by atomic mass is 16.6. The SMILES string of the molecule is Cc1nc([N+](=O)[O-])cn1CCC(=O)N(C)C1CCNC1. The third-order valence-corrected chi connectivity index (χ3v) is 3.69. The third kappa shape index (κ3) is 3.13. The van der Waals surface area contributed by atoms with Crippen LogP contribution >= 0.6 is 0 Å². The molecule has 110 valence electrons. The Kier molecular flexibility index (Phi) is 4.33. The summed E-state index contributed by atoms with van der Waals surface area (Å²) in [4.78, 5) is 27.8. The van der Waals surface area contributed by atoms with E-state index in [1.54, 1.807) is 16.4 Å². The van der Waals surface area contributed by atoms with Crippen LogP contribution in [-0.2, 0) is 11.3 Å². The van der Waals surface area contributed by atoms with E-state index in [1.165, 1.54) is 6.20 Å². The number of carbonyl (C=O) groups excluding carboxylic acids is 1. The molecule has 20 heavy (non-hydrogen) atoms. The zero-order chi connectivity index (χ0) is 14.7. The van der Waals surface area contributed by atoms with Crippen LogP contribution in [-0.4, -0.2) is 51.5 Å². The van der Waals surface area contributed by atoms with E-state index < -0.39 is 4.92 Å². The van der Waals surface area contributed by atoms with Crippen LogP contribution < -0.4 is 5.32 Å². The smallest absolute Gasteiger partial charge is 0.358 e. The Hall–Kier alpha value is -1.96. The number of hydrogen-bond acceptors (Lipinski definition) is 5. The predicted octanol–water partition coefficient (Wildman–Crippen LogP) is 0.310. The summed E-state index contributed by atoms with van der Waals surface area (Å²) in [5.41, 5.74) is 0. The molecular weight excluding hydrogens is 262 g/mol. The Morgan fingerprint density at radius 3 is 3.00 bits per heavy atom. The molecule has 1 unspecified atom stereocenters. The van der Waals surface area contributed by atoms with Gasteiger partial charge in [0.05, 0.1) is 0 Å². The Bertz CT molecular complexity index is 507. The van der Waals surface area contributed by atoms with Crippen LogP contribution in [0.3, 0.4) is 0 Å². The van der Waals surface area contributed by atoms with Gasteiger partial charge in [-0.05, 0) is 22.9 Å². The first-order valence-corrected chi connectivity index (χ1v) is 6.63. The fraction of sp³-hybridized carbons (Fsp3) is 0.667. The third-order valence-electron chi connectivity index (χ3n) is 3.69. The number of nitrogens with zero attached hydrogens (tertiary/aromatic N) is 4. The molecule has 1 aliphatic heterocycles. The average molecular weight is 281 g/mol. The van der Waals surface area contributed by atoms with E-state index in [1.807, 2.05) is 7.05 Å². The lowest BCUT2D eigenvalue weighted by atomic mass is 10.2. The number of aryl methyl sites for hydroxylation is 2. The molecule has 0 aliphatic carbocycles. The van der Waals surface area contributed by atoms with Crippen molar-refractivity contribution in [2.75, 3.05) is 20.1 Å². The summed E-state index contributed by atoms with van der Waals surface area (Å²) in [5.74, 6) is 0.424. The van der Waals surface area contributed by atoms with Gasteiger partial charge in [0.2, 0.25) is 11.7 Å². The minimum absolute atomic E-state index is 0.0504. The summed E-state index contributed by atoms with van der Waals surface area (Å²) in [6.45, 7) is 3.88. The van der Waals surface area contributed by atoms with E-state index in [2.05, 4.69) is 10.3 Å². The van der Waals surface area contributed by atoms with Crippen molar-refractivity contribution in [1.29, 1.82) is 0 Å². The summed E-state index contributed by atoms with van der Waals surface area (Å²) in [5, 5.41) is 13.9. The summed E-state index contributed by atoms with van der Waals surface area (Å²) in [6, 6.07) is 0.251. The largest absolute Gasteiger partial charge is 0.381 e. The fourth-order valence-corrected chi connectivity index (χ4v) is 2.37. The number of imidazole rings is 1. The van der Waals surface area contributed by atoms with E-state index in [-0.39, 0.29) is 17.8 Å². The lowest BCUT2D eigenvalue weighted by Crippen LogP contribution is -2.38. The summed E-state index contributed by atoms with van der Waals surface area (Å²) in [6.07, 6.45) is 2.67. The van der Waals surface area contributed by atoms with Gasteiger partial charge in [0.1, 0.15) is 6.20 Å². The number of likely N-dealkylation sites (N-methyl/N-ethyl adjacent to an activating group) is 1. The lowest BCUT2D eigenvalue weighted by Gasteiger charge is -2.23. The van der Waals surface area contributed by atoms with Gasteiger partial charge in [-0.1, -0.05) is 0 Å². The molecule has 0 saturated carbocycles. The van der Waals surface area contributed by atoms with Crippen LogP contribution in [0.5, 0.6) is 0 Å². The number of nitrogens with one attached hydrogen (secondary N) is 1. The van der Waals surface area contributed by atoms with Gasteiger partial charge in [-0.3, -0.25) is 4.79 Å². The number of amides is 1. The first-order valence-electron chi connectivity index (χ1n) is 6.63. The monoisotopic (exact) mass is 281 g/mol. The minimum atomic E-state index is -0.526. The van der Waals surface area contributed by atoms with Crippen LogP contribution in [0, 0.1) is 17.0 Å². The number of aromatic nitrogens is 2. The van der Waals surface area contributed by atoms with Crippen molar-refractivity contribution in [2.45, 2.75) is 32.4 Å². The molecule has 0 bridgehead atoms. The topological polar surface area (TPSA) is 93.3 Å². The Morgan fingerprint density at radius 2 is 2.45 bits per heavy atom. The van der Waals surface area contributed by atoms with E-state index in [9.17, 15) is 14.9 Å². The highest BCUT2D eigenvalue weighted by Crippen LogP contribution is 2.12. The van der Waals surface area contributed by atoms with Gasteiger partial charge in [0, 0.05) is 39.5 Å². The highest BCUT2D eigenvalue weighted by molar-refractivity contribution is 5.76. The van der Waals surface area contributed by atoms with Crippen molar-refractivity contribution >= 4 is 11.7 Å². The number of rotatable bonds is 5. The van der Waals surface area contributed by atoms with Crippen molar-refractivity contribution in [3.05, 3.63) is 22.1 Å². The van der Waals surface area contributed by atoms with Crippen molar-refractivity contribution in [3.8, 4) is 0 Å². The first kappa shape index (κ1) is 14.4. The van der Waals surface area contributed by atoms with Gasteiger partial charge in [-0.2, -0.15) is 0 Å². The number of nitro groups is 1. The van der Waals surface area contributed by atoms with Crippen LogP contribution in [0.25, 0.3) is 0 Å². The van der Waals surface area contributed by atoms with Gasteiger partial charge in [-0.15, -0.1) is 0 Å². The van der Waals surface area contributed by atoms with Crippen molar-refractivity contribution in [2.24, 2.45) is 0 Å². The molecule has 1 N–H and O–H groups in total. The molecule has 1 atom stereocenters. The molecule has 1 saturated heterocycles. The number of hydrogen-bond donors (Lipinski definition) is 1. The Morgan fingerprint density at radius 1 is 1.70 bits per heavy atom. The lowest BCUT2D eigenvalue weighted by molar-refractivity contribution is -0.389. The second-order valence-electron chi connectivity index (χ2n) is 5.00. The molecule has 2 rings (SSSR count). The fourth-order valence-electron chi connectivity index (χ4n) is 2.37. The Balaban J connectivity index is 1.91. The molecule has 1 amide bonds. The Labute approximate surface area is 116 Å².